The molecule has 0 radical (unpaired) electrons. The van der Waals surface area contributed by atoms with Gasteiger partial charge in [-0.05, 0) is 36.0 Å². The van der Waals surface area contributed by atoms with Gasteiger partial charge in [-0.3, -0.25) is 4.90 Å². The molecule has 22 heavy (non-hydrogen) atoms. The average Bonchev–Trinajstić information content (AvgIpc) is 2.44. The minimum Gasteiger partial charge on any atom is -0.494 e. The lowest BCUT2D eigenvalue weighted by atomic mass is 10.1. The monoisotopic (exact) mass is 307 g/mol. The molecule has 0 fully saturated rings. The Balaban J connectivity index is 2.62. The van der Waals surface area contributed by atoms with Crippen LogP contribution in [-0.4, -0.2) is 36.2 Å². The van der Waals surface area contributed by atoms with E-state index in [0.717, 1.165) is 37.4 Å². The second kappa shape index (κ2) is 9.86. The Morgan fingerprint density at radius 3 is 1.95 bits per heavy atom. The first-order valence-corrected chi connectivity index (χ1v) is 8.55. The minimum absolute atomic E-state index is 0.447. The van der Waals surface area contributed by atoms with Crippen LogP contribution in [0.3, 0.4) is 0 Å². The first-order valence-electron chi connectivity index (χ1n) is 8.55. The van der Waals surface area contributed by atoms with Gasteiger partial charge in [0.1, 0.15) is 5.75 Å². The van der Waals surface area contributed by atoms with Crippen LogP contribution in [0.4, 0.5) is 0 Å². The second-order valence-electron chi connectivity index (χ2n) is 6.94. The summed E-state index contributed by atoms with van der Waals surface area (Å²) >= 11 is 0. The normalized spacial score (nSPS) is 13.1. The van der Waals surface area contributed by atoms with Crippen molar-refractivity contribution >= 4 is 0 Å². The summed E-state index contributed by atoms with van der Waals surface area (Å²) in [5.74, 6) is 2.09. The predicted octanol–water partition coefficient (Wildman–Crippen LogP) is 4.12. The summed E-state index contributed by atoms with van der Waals surface area (Å²) in [6.45, 7) is 14.4. The number of ether oxygens (including phenoxy) is 1. The van der Waals surface area contributed by atoms with E-state index in [1.807, 2.05) is 24.3 Å². The maximum absolute atomic E-state index is 10.5. The Morgan fingerprint density at radius 1 is 0.955 bits per heavy atom. The first-order chi connectivity index (χ1) is 10.4. The molecule has 0 aliphatic heterocycles. The summed E-state index contributed by atoms with van der Waals surface area (Å²) in [7, 11) is 0. The lowest BCUT2D eigenvalue weighted by Crippen LogP contribution is -2.35. The molecule has 1 N–H and O–H groups in total. The molecule has 0 spiro atoms. The molecule has 1 aromatic rings. The molecule has 1 atom stereocenters. The molecule has 0 amide bonds. The summed E-state index contributed by atoms with van der Waals surface area (Å²) in [5, 5.41) is 10.5. The summed E-state index contributed by atoms with van der Waals surface area (Å²) in [6, 6.07) is 7.84. The van der Waals surface area contributed by atoms with Crippen molar-refractivity contribution in [1.82, 2.24) is 4.90 Å². The number of hydrogen-bond acceptors (Lipinski definition) is 3. The molecule has 1 rings (SSSR count). The fraction of sp³-hybridized carbons (Fsp3) is 0.684. The Kier molecular flexibility index (Phi) is 8.51. The van der Waals surface area contributed by atoms with Crippen molar-refractivity contribution < 1.29 is 9.84 Å². The van der Waals surface area contributed by atoms with Gasteiger partial charge in [-0.25, -0.2) is 0 Å². The van der Waals surface area contributed by atoms with E-state index in [1.165, 1.54) is 0 Å². The summed E-state index contributed by atoms with van der Waals surface area (Å²) in [4.78, 5) is 2.36. The van der Waals surface area contributed by atoms with Crippen molar-refractivity contribution in [2.45, 2.75) is 47.1 Å². The molecule has 0 aliphatic rings. The van der Waals surface area contributed by atoms with Gasteiger partial charge in [0.2, 0.25) is 0 Å². The first kappa shape index (κ1) is 19.0. The third-order valence-electron chi connectivity index (χ3n) is 3.42. The highest BCUT2D eigenvalue weighted by atomic mass is 16.5. The zero-order valence-corrected chi connectivity index (χ0v) is 14.9. The van der Waals surface area contributed by atoms with E-state index in [-0.39, 0.29) is 0 Å². The zero-order valence-electron chi connectivity index (χ0n) is 14.9. The fourth-order valence-corrected chi connectivity index (χ4v) is 2.61. The van der Waals surface area contributed by atoms with Gasteiger partial charge in [0.05, 0.1) is 12.7 Å². The van der Waals surface area contributed by atoms with E-state index in [2.05, 4.69) is 39.5 Å². The Bertz CT molecular complexity index is 390. The quantitative estimate of drug-likeness (QED) is 0.705. The Morgan fingerprint density at radius 2 is 1.50 bits per heavy atom. The number of benzene rings is 1. The van der Waals surface area contributed by atoms with Gasteiger partial charge in [-0.2, -0.15) is 0 Å². The van der Waals surface area contributed by atoms with Crippen molar-refractivity contribution in [2.75, 3.05) is 26.2 Å². The van der Waals surface area contributed by atoms with Crippen LogP contribution < -0.4 is 4.74 Å². The van der Waals surface area contributed by atoms with Gasteiger partial charge in [0.15, 0.2) is 0 Å². The number of rotatable bonds is 10. The standard InChI is InChI=1S/C19H33NO2/c1-6-11-22-18-9-7-17(8-10-18)19(21)14-20(12-15(2)3)13-16(4)5/h7-10,15-16,19,21H,6,11-14H2,1-5H3. The summed E-state index contributed by atoms with van der Waals surface area (Å²) in [6.07, 6.45) is 0.557. The number of aliphatic hydroxyl groups excluding tert-OH is 1. The molecule has 1 unspecified atom stereocenters. The number of nitrogens with zero attached hydrogens (tertiary/aromatic N) is 1. The van der Waals surface area contributed by atoms with E-state index >= 15 is 0 Å². The molecule has 126 valence electrons. The van der Waals surface area contributed by atoms with Crippen LogP contribution in [0, 0.1) is 11.8 Å². The van der Waals surface area contributed by atoms with Gasteiger partial charge in [-0.1, -0.05) is 46.8 Å². The fourth-order valence-electron chi connectivity index (χ4n) is 2.61. The summed E-state index contributed by atoms with van der Waals surface area (Å²) in [5.41, 5.74) is 0.960. The van der Waals surface area contributed by atoms with Crippen LogP contribution in [0.25, 0.3) is 0 Å². The number of aliphatic hydroxyl groups is 1. The molecule has 0 bridgehead atoms. The van der Waals surface area contributed by atoms with Crippen molar-refractivity contribution in [3.05, 3.63) is 29.8 Å². The highest BCUT2D eigenvalue weighted by Crippen LogP contribution is 2.20. The predicted molar refractivity (Wildman–Crippen MR) is 93.3 cm³/mol. The molecular weight excluding hydrogens is 274 g/mol. The van der Waals surface area contributed by atoms with Crippen molar-refractivity contribution in [3.8, 4) is 5.75 Å². The van der Waals surface area contributed by atoms with Gasteiger partial charge in [0.25, 0.3) is 0 Å². The average molecular weight is 307 g/mol. The van der Waals surface area contributed by atoms with Gasteiger partial charge < -0.3 is 9.84 Å². The van der Waals surface area contributed by atoms with E-state index in [1.54, 1.807) is 0 Å². The van der Waals surface area contributed by atoms with Crippen LogP contribution in [-0.2, 0) is 0 Å². The van der Waals surface area contributed by atoms with Crippen LogP contribution >= 0.6 is 0 Å². The third kappa shape index (κ3) is 7.28. The Labute approximate surface area is 136 Å². The highest BCUT2D eigenvalue weighted by molar-refractivity contribution is 5.28. The van der Waals surface area contributed by atoms with Crippen molar-refractivity contribution in [2.24, 2.45) is 11.8 Å². The topological polar surface area (TPSA) is 32.7 Å². The maximum Gasteiger partial charge on any atom is 0.119 e. The van der Waals surface area contributed by atoms with Crippen LogP contribution in [0.1, 0.15) is 52.7 Å². The second-order valence-corrected chi connectivity index (χ2v) is 6.94. The third-order valence-corrected chi connectivity index (χ3v) is 3.42. The highest BCUT2D eigenvalue weighted by Gasteiger charge is 2.16. The molecule has 0 heterocycles. The Hall–Kier alpha value is -1.06. The van der Waals surface area contributed by atoms with Crippen molar-refractivity contribution in [1.29, 1.82) is 0 Å². The molecule has 3 heteroatoms. The zero-order chi connectivity index (χ0) is 16.5. The lowest BCUT2D eigenvalue weighted by molar-refractivity contribution is 0.0986. The van der Waals surface area contributed by atoms with E-state index in [0.29, 0.717) is 18.4 Å². The van der Waals surface area contributed by atoms with Crippen LogP contribution in [0.2, 0.25) is 0 Å². The minimum atomic E-state index is -0.447. The largest absolute Gasteiger partial charge is 0.494 e. The van der Waals surface area contributed by atoms with Crippen LogP contribution in [0.15, 0.2) is 24.3 Å². The van der Waals surface area contributed by atoms with E-state index in [4.69, 9.17) is 4.74 Å². The lowest BCUT2D eigenvalue weighted by Gasteiger charge is -2.28. The van der Waals surface area contributed by atoms with E-state index < -0.39 is 6.10 Å². The molecule has 0 aliphatic carbocycles. The molecule has 1 aromatic carbocycles. The van der Waals surface area contributed by atoms with Gasteiger partial charge >= 0.3 is 0 Å². The van der Waals surface area contributed by atoms with Gasteiger partial charge in [0, 0.05) is 19.6 Å². The van der Waals surface area contributed by atoms with Crippen LogP contribution in [0.5, 0.6) is 5.75 Å². The molecule has 0 saturated carbocycles. The molecule has 0 aromatic heterocycles. The summed E-state index contributed by atoms with van der Waals surface area (Å²) < 4.78 is 5.58. The molecule has 3 nitrogen and oxygen atoms in total. The smallest absolute Gasteiger partial charge is 0.119 e. The van der Waals surface area contributed by atoms with Crippen molar-refractivity contribution in [3.63, 3.8) is 0 Å². The number of hydrogen-bond donors (Lipinski definition) is 1. The SMILES string of the molecule is CCCOc1ccc(C(O)CN(CC(C)C)CC(C)C)cc1. The molecule has 0 saturated heterocycles. The molecular formula is C19H33NO2. The maximum atomic E-state index is 10.5. The van der Waals surface area contributed by atoms with E-state index in [9.17, 15) is 5.11 Å². The van der Waals surface area contributed by atoms with Gasteiger partial charge in [-0.15, -0.1) is 0 Å².